The molecule has 0 aliphatic carbocycles. The van der Waals surface area contributed by atoms with Crippen LogP contribution in [0.25, 0.3) is 0 Å². The molecule has 1 aromatic carbocycles. The molecule has 1 amide bonds. The van der Waals surface area contributed by atoms with E-state index in [1.165, 1.54) is 6.21 Å². The zero-order chi connectivity index (χ0) is 14.2. The molecule has 0 fully saturated rings. The van der Waals surface area contributed by atoms with Crippen LogP contribution in [0.3, 0.4) is 0 Å². The standard InChI is InChI=1S/C15H15N3O2/c1-2-20-14-8-4-3-7-13(14)15(19)18-17-11-12-6-5-9-16-10-12/h3-11H,2H2,1H3,(H,18,19)/b17-11+. The number of aromatic nitrogens is 1. The lowest BCUT2D eigenvalue weighted by atomic mass is 10.2. The minimum atomic E-state index is -0.311. The zero-order valence-corrected chi connectivity index (χ0v) is 11.1. The Labute approximate surface area is 117 Å². The second kappa shape index (κ2) is 7.04. The van der Waals surface area contributed by atoms with Gasteiger partial charge in [0, 0.05) is 18.0 Å². The van der Waals surface area contributed by atoms with Crippen LogP contribution in [0.5, 0.6) is 5.75 Å². The second-order valence-electron chi connectivity index (χ2n) is 3.91. The fourth-order valence-electron chi connectivity index (χ4n) is 1.61. The number of benzene rings is 1. The van der Waals surface area contributed by atoms with Crippen LogP contribution in [0.15, 0.2) is 53.9 Å². The summed E-state index contributed by atoms with van der Waals surface area (Å²) < 4.78 is 5.40. The molecular weight excluding hydrogens is 254 g/mol. The van der Waals surface area contributed by atoms with Crippen LogP contribution in [-0.4, -0.2) is 23.7 Å². The second-order valence-corrected chi connectivity index (χ2v) is 3.91. The van der Waals surface area contributed by atoms with Crippen molar-refractivity contribution in [3.63, 3.8) is 0 Å². The van der Waals surface area contributed by atoms with Gasteiger partial charge in [0.25, 0.3) is 5.91 Å². The first-order valence-corrected chi connectivity index (χ1v) is 6.26. The molecule has 0 saturated carbocycles. The zero-order valence-electron chi connectivity index (χ0n) is 11.1. The van der Waals surface area contributed by atoms with Gasteiger partial charge in [-0.1, -0.05) is 18.2 Å². The summed E-state index contributed by atoms with van der Waals surface area (Å²) in [4.78, 5) is 16.0. The van der Waals surface area contributed by atoms with E-state index in [1.807, 2.05) is 19.1 Å². The molecular formula is C15H15N3O2. The average Bonchev–Trinajstić information content (AvgIpc) is 2.49. The maximum atomic E-state index is 12.0. The summed E-state index contributed by atoms with van der Waals surface area (Å²) in [7, 11) is 0. The van der Waals surface area contributed by atoms with Gasteiger partial charge in [-0.3, -0.25) is 9.78 Å². The van der Waals surface area contributed by atoms with Crippen LogP contribution in [0.1, 0.15) is 22.8 Å². The van der Waals surface area contributed by atoms with Crippen molar-refractivity contribution in [2.24, 2.45) is 5.10 Å². The number of rotatable bonds is 5. The SMILES string of the molecule is CCOc1ccccc1C(=O)N/N=C/c1cccnc1. The molecule has 2 rings (SSSR count). The third-order valence-electron chi connectivity index (χ3n) is 2.50. The topological polar surface area (TPSA) is 63.6 Å². The van der Waals surface area contributed by atoms with E-state index in [2.05, 4.69) is 15.5 Å². The van der Waals surface area contributed by atoms with Gasteiger partial charge < -0.3 is 4.74 Å². The summed E-state index contributed by atoms with van der Waals surface area (Å²) >= 11 is 0. The molecule has 2 aromatic rings. The molecule has 0 aliphatic heterocycles. The first-order chi connectivity index (χ1) is 9.81. The number of carbonyl (C=O) groups excluding carboxylic acids is 1. The van der Waals surface area contributed by atoms with Gasteiger partial charge in [-0.2, -0.15) is 5.10 Å². The Morgan fingerprint density at radius 1 is 1.35 bits per heavy atom. The number of nitrogens with zero attached hydrogens (tertiary/aromatic N) is 2. The lowest BCUT2D eigenvalue weighted by molar-refractivity contribution is 0.0951. The van der Waals surface area contributed by atoms with Gasteiger partial charge in [0.2, 0.25) is 0 Å². The van der Waals surface area contributed by atoms with Gasteiger partial charge in [-0.15, -0.1) is 0 Å². The van der Waals surface area contributed by atoms with Crippen molar-refractivity contribution in [1.82, 2.24) is 10.4 Å². The smallest absolute Gasteiger partial charge is 0.275 e. The van der Waals surface area contributed by atoms with Crippen LogP contribution in [-0.2, 0) is 0 Å². The first-order valence-electron chi connectivity index (χ1n) is 6.26. The summed E-state index contributed by atoms with van der Waals surface area (Å²) in [5.74, 6) is 0.235. The van der Waals surface area contributed by atoms with Gasteiger partial charge in [-0.05, 0) is 25.1 Å². The molecule has 0 unspecified atom stereocenters. The number of hydrazone groups is 1. The average molecular weight is 269 g/mol. The molecule has 5 heteroatoms. The number of carbonyl (C=O) groups is 1. The van der Waals surface area contributed by atoms with E-state index in [9.17, 15) is 4.79 Å². The summed E-state index contributed by atoms with van der Waals surface area (Å²) in [5, 5.41) is 3.90. The molecule has 0 bridgehead atoms. The molecule has 0 radical (unpaired) electrons. The van der Waals surface area contributed by atoms with E-state index in [0.717, 1.165) is 5.56 Å². The molecule has 1 aromatic heterocycles. The molecule has 0 saturated heterocycles. The fraction of sp³-hybridized carbons (Fsp3) is 0.133. The van der Waals surface area contributed by atoms with Crippen molar-refractivity contribution < 1.29 is 9.53 Å². The van der Waals surface area contributed by atoms with E-state index >= 15 is 0 Å². The highest BCUT2D eigenvalue weighted by atomic mass is 16.5. The maximum absolute atomic E-state index is 12.0. The van der Waals surface area contributed by atoms with Crippen molar-refractivity contribution in [2.75, 3.05) is 6.61 Å². The predicted octanol–water partition coefficient (Wildman–Crippen LogP) is 2.24. The summed E-state index contributed by atoms with van der Waals surface area (Å²) in [6.07, 6.45) is 4.87. The molecule has 5 nitrogen and oxygen atoms in total. The van der Waals surface area contributed by atoms with Crippen LogP contribution in [0, 0.1) is 0 Å². The predicted molar refractivity (Wildman–Crippen MR) is 76.9 cm³/mol. The minimum absolute atomic E-state index is 0.311. The fourth-order valence-corrected chi connectivity index (χ4v) is 1.61. The Morgan fingerprint density at radius 2 is 2.20 bits per heavy atom. The molecule has 1 N–H and O–H groups in total. The van der Waals surface area contributed by atoms with Gasteiger partial charge >= 0.3 is 0 Å². The van der Waals surface area contributed by atoms with Crippen LogP contribution in [0.4, 0.5) is 0 Å². The number of amides is 1. The van der Waals surface area contributed by atoms with Gasteiger partial charge in [0.1, 0.15) is 5.75 Å². The number of ether oxygens (including phenoxy) is 1. The highest BCUT2D eigenvalue weighted by Crippen LogP contribution is 2.17. The van der Waals surface area contributed by atoms with Gasteiger partial charge in [0.15, 0.2) is 0 Å². The number of para-hydroxylation sites is 1. The highest BCUT2D eigenvalue weighted by Gasteiger charge is 2.10. The van der Waals surface area contributed by atoms with E-state index in [1.54, 1.807) is 36.7 Å². The van der Waals surface area contributed by atoms with E-state index in [4.69, 9.17) is 4.74 Å². The van der Waals surface area contributed by atoms with E-state index in [0.29, 0.717) is 17.9 Å². The van der Waals surface area contributed by atoms with E-state index in [-0.39, 0.29) is 5.91 Å². The number of hydrogen-bond donors (Lipinski definition) is 1. The number of pyridine rings is 1. The largest absolute Gasteiger partial charge is 0.493 e. The van der Waals surface area contributed by atoms with Gasteiger partial charge in [-0.25, -0.2) is 5.43 Å². The van der Waals surface area contributed by atoms with Crippen LogP contribution in [0.2, 0.25) is 0 Å². The van der Waals surface area contributed by atoms with Gasteiger partial charge in [0.05, 0.1) is 18.4 Å². The quantitative estimate of drug-likeness (QED) is 0.669. The minimum Gasteiger partial charge on any atom is -0.493 e. The lowest BCUT2D eigenvalue weighted by Gasteiger charge is -2.08. The molecule has 0 spiro atoms. The molecule has 1 heterocycles. The summed E-state index contributed by atoms with van der Waals surface area (Å²) in [6.45, 7) is 2.37. The Balaban J connectivity index is 2.04. The molecule has 20 heavy (non-hydrogen) atoms. The Bertz CT molecular complexity index is 597. The van der Waals surface area contributed by atoms with Crippen molar-refractivity contribution in [3.05, 3.63) is 59.9 Å². The van der Waals surface area contributed by atoms with Crippen molar-refractivity contribution in [3.8, 4) is 5.75 Å². The molecule has 0 aliphatic rings. The van der Waals surface area contributed by atoms with Crippen LogP contribution < -0.4 is 10.2 Å². The Morgan fingerprint density at radius 3 is 2.95 bits per heavy atom. The summed E-state index contributed by atoms with van der Waals surface area (Å²) in [5.41, 5.74) is 3.74. The first kappa shape index (κ1) is 13.7. The Hall–Kier alpha value is -2.69. The Kier molecular flexibility index (Phi) is 4.83. The third kappa shape index (κ3) is 3.65. The maximum Gasteiger partial charge on any atom is 0.275 e. The van der Waals surface area contributed by atoms with Crippen molar-refractivity contribution in [2.45, 2.75) is 6.92 Å². The summed E-state index contributed by atoms with van der Waals surface area (Å²) in [6, 6.07) is 10.7. The number of nitrogens with one attached hydrogen (secondary N) is 1. The molecule has 0 atom stereocenters. The normalized spacial score (nSPS) is 10.4. The van der Waals surface area contributed by atoms with E-state index < -0.39 is 0 Å². The van der Waals surface area contributed by atoms with Crippen LogP contribution >= 0.6 is 0 Å². The van der Waals surface area contributed by atoms with Crippen molar-refractivity contribution in [1.29, 1.82) is 0 Å². The van der Waals surface area contributed by atoms with Crippen molar-refractivity contribution >= 4 is 12.1 Å². The monoisotopic (exact) mass is 269 g/mol. The molecule has 102 valence electrons. The number of hydrogen-bond acceptors (Lipinski definition) is 4. The lowest BCUT2D eigenvalue weighted by Crippen LogP contribution is -2.18. The highest BCUT2D eigenvalue weighted by molar-refractivity contribution is 5.97. The third-order valence-corrected chi connectivity index (χ3v) is 2.50.